The van der Waals surface area contributed by atoms with Crippen molar-refractivity contribution in [3.63, 3.8) is 0 Å². The van der Waals surface area contributed by atoms with Crippen LogP contribution in [0, 0.1) is 6.92 Å². The molecule has 0 spiro atoms. The first-order valence-electron chi connectivity index (χ1n) is 8.69. The summed E-state index contributed by atoms with van der Waals surface area (Å²) >= 11 is 0. The van der Waals surface area contributed by atoms with Crippen molar-refractivity contribution < 1.29 is 24.2 Å². The van der Waals surface area contributed by atoms with Crippen LogP contribution in [-0.2, 0) is 24.3 Å². The first kappa shape index (κ1) is 19.4. The molecule has 0 radical (unpaired) electrons. The number of rotatable bonds is 6. The number of allylic oxidation sites excluding steroid dienone is 1. The summed E-state index contributed by atoms with van der Waals surface area (Å²) < 4.78 is 12.5. The normalized spacial score (nSPS) is 15.7. The van der Waals surface area contributed by atoms with Crippen molar-refractivity contribution in [1.29, 1.82) is 0 Å². The van der Waals surface area contributed by atoms with Gasteiger partial charge in [-0.3, -0.25) is 4.79 Å². The highest BCUT2D eigenvalue weighted by molar-refractivity contribution is 5.97. The summed E-state index contributed by atoms with van der Waals surface area (Å²) in [7, 11) is 3.00. The second-order valence-electron chi connectivity index (χ2n) is 6.42. The maximum atomic E-state index is 13.2. The molecule has 1 aromatic heterocycles. The highest BCUT2D eigenvalue weighted by atomic mass is 16.5. The summed E-state index contributed by atoms with van der Waals surface area (Å²) in [6.45, 7) is 5.64. The van der Waals surface area contributed by atoms with Gasteiger partial charge in [0, 0.05) is 11.1 Å². The van der Waals surface area contributed by atoms with E-state index in [1.54, 1.807) is 29.7 Å². The van der Waals surface area contributed by atoms with E-state index in [0.717, 1.165) is 5.56 Å². The van der Waals surface area contributed by atoms with Crippen LogP contribution >= 0.6 is 0 Å². The predicted octanol–water partition coefficient (Wildman–Crippen LogP) is 1.44. The van der Waals surface area contributed by atoms with Crippen LogP contribution in [0.25, 0.3) is 0 Å². The van der Waals surface area contributed by atoms with Gasteiger partial charge in [-0.25, -0.2) is 4.79 Å². The van der Waals surface area contributed by atoms with Gasteiger partial charge < -0.3 is 24.0 Å². The Kier molecular flexibility index (Phi) is 5.34. The lowest BCUT2D eigenvalue weighted by atomic mass is 10.0. The minimum absolute atomic E-state index is 0.0573. The van der Waals surface area contributed by atoms with E-state index in [2.05, 4.69) is 16.8 Å². The molecular formula is C19H22N4O5. The molecule has 1 aromatic carbocycles. The van der Waals surface area contributed by atoms with Crippen molar-refractivity contribution >= 4 is 11.9 Å². The molecule has 1 unspecified atom stereocenters. The first-order chi connectivity index (χ1) is 13.4. The zero-order chi connectivity index (χ0) is 20.4. The molecule has 0 saturated carbocycles. The summed E-state index contributed by atoms with van der Waals surface area (Å²) in [5, 5.41) is 17.7. The Morgan fingerprint density at radius 1 is 1.32 bits per heavy atom. The number of aromatic nitrogens is 3. The third-order valence-electron chi connectivity index (χ3n) is 4.77. The van der Waals surface area contributed by atoms with Gasteiger partial charge in [-0.1, -0.05) is 6.08 Å². The first-order valence-corrected chi connectivity index (χ1v) is 8.69. The van der Waals surface area contributed by atoms with Crippen molar-refractivity contribution in [2.75, 3.05) is 14.2 Å². The van der Waals surface area contributed by atoms with Gasteiger partial charge in [-0.2, -0.15) is 0 Å². The molecule has 2 heterocycles. The van der Waals surface area contributed by atoms with E-state index in [1.807, 2.05) is 0 Å². The smallest absolute Gasteiger partial charge is 0.328 e. The fourth-order valence-electron chi connectivity index (χ4n) is 3.38. The average Bonchev–Trinajstić information content (AvgIpc) is 3.06. The number of methoxy groups -OCH3 is 2. The fourth-order valence-corrected chi connectivity index (χ4v) is 3.38. The monoisotopic (exact) mass is 386 g/mol. The minimum atomic E-state index is -1.08. The van der Waals surface area contributed by atoms with Crippen LogP contribution in [0.2, 0.25) is 0 Å². The Labute approximate surface area is 162 Å². The van der Waals surface area contributed by atoms with Gasteiger partial charge in [0.25, 0.3) is 5.91 Å². The summed E-state index contributed by atoms with van der Waals surface area (Å²) in [5.74, 6) is 0.572. The number of hydrogen-bond donors (Lipinski definition) is 1. The van der Waals surface area contributed by atoms with Crippen LogP contribution in [-0.4, -0.2) is 56.9 Å². The highest BCUT2D eigenvalue weighted by Gasteiger charge is 2.37. The van der Waals surface area contributed by atoms with E-state index in [4.69, 9.17) is 9.47 Å². The molecule has 9 nitrogen and oxygen atoms in total. The second-order valence-corrected chi connectivity index (χ2v) is 6.42. The van der Waals surface area contributed by atoms with Crippen molar-refractivity contribution in [3.8, 4) is 11.5 Å². The summed E-state index contributed by atoms with van der Waals surface area (Å²) in [6, 6.07) is 2.21. The largest absolute Gasteiger partial charge is 0.493 e. The number of carbonyl (C=O) groups is 2. The lowest BCUT2D eigenvalue weighted by molar-refractivity contribution is -0.143. The third kappa shape index (κ3) is 3.30. The van der Waals surface area contributed by atoms with Gasteiger partial charge in [0.2, 0.25) is 0 Å². The van der Waals surface area contributed by atoms with Gasteiger partial charge in [0.05, 0.1) is 27.3 Å². The Hall–Kier alpha value is -3.36. The van der Waals surface area contributed by atoms with Gasteiger partial charge in [0.1, 0.15) is 11.9 Å². The highest BCUT2D eigenvalue weighted by Crippen LogP contribution is 2.34. The maximum Gasteiger partial charge on any atom is 0.328 e. The number of ether oxygens (including phenoxy) is 2. The number of hydrogen-bond acceptors (Lipinski definition) is 6. The average molecular weight is 386 g/mol. The molecule has 0 fully saturated rings. The number of amides is 1. The summed E-state index contributed by atoms with van der Waals surface area (Å²) in [6.07, 6.45) is 2.16. The topological polar surface area (TPSA) is 107 Å². The number of carbonyl (C=O) groups excluding carboxylic acids is 1. The van der Waals surface area contributed by atoms with Crippen molar-refractivity contribution in [2.24, 2.45) is 0 Å². The molecule has 1 N–H and O–H groups in total. The SMILES string of the molecule is C=CCc1cc(C(=O)N2Cc3nnc(C)n3CC2C(=O)O)cc(OC)c1OC. The number of aliphatic carboxylic acids is 1. The van der Waals surface area contributed by atoms with E-state index < -0.39 is 17.9 Å². The van der Waals surface area contributed by atoms with Crippen molar-refractivity contribution in [1.82, 2.24) is 19.7 Å². The molecule has 0 aliphatic carbocycles. The van der Waals surface area contributed by atoms with E-state index in [0.29, 0.717) is 35.1 Å². The van der Waals surface area contributed by atoms with Gasteiger partial charge in [-0.15, -0.1) is 16.8 Å². The molecule has 1 aliphatic rings. The van der Waals surface area contributed by atoms with Gasteiger partial charge in [0.15, 0.2) is 17.3 Å². The number of carboxylic acids is 1. The molecule has 0 saturated heterocycles. The van der Waals surface area contributed by atoms with E-state index in [-0.39, 0.29) is 13.1 Å². The number of benzene rings is 1. The fraction of sp³-hybridized carbons (Fsp3) is 0.368. The third-order valence-corrected chi connectivity index (χ3v) is 4.77. The van der Waals surface area contributed by atoms with Crippen molar-refractivity contribution in [3.05, 3.63) is 47.6 Å². The van der Waals surface area contributed by atoms with Crippen molar-refractivity contribution in [2.45, 2.75) is 32.5 Å². The number of carboxylic acid groups (broad SMARTS) is 1. The standard InChI is InChI=1S/C19H22N4O5/c1-5-6-12-7-13(8-15(27-3)17(12)28-4)18(24)23-10-16-21-20-11(2)22(16)9-14(23)19(25)26/h5,7-8,14H,1,6,9-10H2,2-4H3,(H,25,26). The Bertz CT molecular complexity index is 937. The molecule has 2 aromatic rings. The Morgan fingerprint density at radius 2 is 2.07 bits per heavy atom. The molecule has 0 bridgehead atoms. The van der Waals surface area contributed by atoms with E-state index >= 15 is 0 Å². The molecule has 148 valence electrons. The predicted molar refractivity (Wildman–Crippen MR) is 99.5 cm³/mol. The molecule has 1 atom stereocenters. The quantitative estimate of drug-likeness (QED) is 0.749. The molecule has 28 heavy (non-hydrogen) atoms. The molecule has 9 heteroatoms. The summed E-state index contributed by atoms with van der Waals surface area (Å²) in [5.41, 5.74) is 1.04. The molecule has 1 aliphatic heterocycles. The zero-order valence-electron chi connectivity index (χ0n) is 16.0. The van der Waals surface area contributed by atoms with Crippen LogP contribution in [0.15, 0.2) is 24.8 Å². The maximum absolute atomic E-state index is 13.2. The number of nitrogens with zero attached hydrogens (tertiary/aromatic N) is 4. The molecule has 3 rings (SSSR count). The van der Waals surface area contributed by atoms with Crippen LogP contribution in [0.5, 0.6) is 11.5 Å². The van der Waals surface area contributed by atoms with Crippen LogP contribution in [0.3, 0.4) is 0 Å². The molecular weight excluding hydrogens is 364 g/mol. The van der Waals surface area contributed by atoms with Crippen LogP contribution in [0.1, 0.15) is 27.6 Å². The Balaban J connectivity index is 2.03. The van der Waals surface area contributed by atoms with Gasteiger partial charge in [-0.05, 0) is 25.5 Å². The second kappa shape index (κ2) is 7.71. The van der Waals surface area contributed by atoms with Crippen LogP contribution in [0.4, 0.5) is 0 Å². The summed E-state index contributed by atoms with van der Waals surface area (Å²) in [4.78, 5) is 26.4. The van der Waals surface area contributed by atoms with Gasteiger partial charge >= 0.3 is 5.97 Å². The minimum Gasteiger partial charge on any atom is -0.493 e. The van der Waals surface area contributed by atoms with Crippen LogP contribution < -0.4 is 9.47 Å². The lowest BCUT2D eigenvalue weighted by Gasteiger charge is -2.33. The van der Waals surface area contributed by atoms with E-state index in [9.17, 15) is 14.7 Å². The number of aryl methyl sites for hydroxylation is 1. The van der Waals surface area contributed by atoms with E-state index in [1.165, 1.54) is 19.1 Å². The Morgan fingerprint density at radius 3 is 2.68 bits per heavy atom. The number of fused-ring (bicyclic) bond motifs is 1. The lowest BCUT2D eigenvalue weighted by Crippen LogP contribution is -2.50. The molecule has 1 amide bonds. The zero-order valence-corrected chi connectivity index (χ0v) is 16.0.